The number of amides is 1. The Morgan fingerprint density at radius 1 is 1.15 bits per heavy atom. The highest BCUT2D eigenvalue weighted by Gasteiger charge is 2.32. The van der Waals surface area contributed by atoms with Crippen molar-refractivity contribution in [3.63, 3.8) is 0 Å². The normalized spacial score (nSPS) is 14.1. The van der Waals surface area contributed by atoms with Gasteiger partial charge in [0, 0.05) is 19.0 Å². The number of carbonyl (C=O) groups excluding carboxylic acids is 1. The third-order valence-corrected chi connectivity index (χ3v) is 6.11. The summed E-state index contributed by atoms with van der Waals surface area (Å²) in [5.74, 6) is -0.263. The molecule has 0 heterocycles. The lowest BCUT2D eigenvalue weighted by Crippen LogP contribution is -2.32. The number of nitrogens with zero attached hydrogens (tertiary/aromatic N) is 1. The first kappa shape index (κ1) is 19.5. The largest absolute Gasteiger partial charge is 0.335 e. The fourth-order valence-corrected chi connectivity index (χ4v) is 3.72. The third-order valence-electron chi connectivity index (χ3n) is 4.68. The fourth-order valence-electron chi connectivity index (χ4n) is 2.99. The lowest BCUT2D eigenvalue weighted by atomic mass is 10.1. The van der Waals surface area contributed by atoms with Gasteiger partial charge in [-0.2, -0.15) is 0 Å². The summed E-state index contributed by atoms with van der Waals surface area (Å²) in [6, 6.07) is 13.1. The van der Waals surface area contributed by atoms with Gasteiger partial charge in [0.25, 0.3) is 0 Å². The van der Waals surface area contributed by atoms with Crippen molar-refractivity contribution in [3.05, 3.63) is 65.5 Å². The molecular formula is C20H23FN2O3S. The quantitative estimate of drug-likeness (QED) is 0.754. The molecule has 0 spiro atoms. The van der Waals surface area contributed by atoms with Crippen molar-refractivity contribution in [3.8, 4) is 0 Å². The van der Waals surface area contributed by atoms with E-state index in [4.69, 9.17) is 0 Å². The van der Waals surface area contributed by atoms with Crippen LogP contribution in [0.15, 0.2) is 53.4 Å². The van der Waals surface area contributed by atoms with E-state index in [1.807, 2.05) is 11.0 Å². The Kier molecular flexibility index (Phi) is 5.92. The summed E-state index contributed by atoms with van der Waals surface area (Å²) >= 11 is 0. The zero-order chi connectivity index (χ0) is 19.4. The van der Waals surface area contributed by atoms with Gasteiger partial charge in [0.1, 0.15) is 5.82 Å². The van der Waals surface area contributed by atoms with Gasteiger partial charge in [0.2, 0.25) is 15.9 Å². The molecule has 0 unspecified atom stereocenters. The molecule has 0 aliphatic heterocycles. The van der Waals surface area contributed by atoms with Crippen LogP contribution in [0.25, 0.3) is 0 Å². The van der Waals surface area contributed by atoms with E-state index in [2.05, 4.69) is 4.72 Å². The molecule has 0 atom stereocenters. The summed E-state index contributed by atoms with van der Waals surface area (Å²) in [7, 11) is -2.09. The second-order valence-electron chi connectivity index (χ2n) is 6.73. The molecule has 1 N–H and O–H groups in total. The summed E-state index contributed by atoms with van der Waals surface area (Å²) in [4.78, 5) is 14.7. The first-order valence-corrected chi connectivity index (χ1v) is 10.4. The summed E-state index contributed by atoms with van der Waals surface area (Å²) in [6.07, 6.45) is 2.84. The Morgan fingerprint density at radius 3 is 2.44 bits per heavy atom. The minimum absolute atomic E-state index is 0.0358. The van der Waals surface area contributed by atoms with Crippen LogP contribution in [0, 0.1) is 5.82 Å². The molecule has 5 nitrogen and oxygen atoms in total. The highest BCUT2D eigenvalue weighted by atomic mass is 32.2. The molecule has 27 heavy (non-hydrogen) atoms. The Hall–Kier alpha value is -2.25. The molecule has 7 heteroatoms. The van der Waals surface area contributed by atoms with E-state index in [-0.39, 0.29) is 22.7 Å². The number of hydrogen-bond acceptors (Lipinski definition) is 3. The van der Waals surface area contributed by atoms with E-state index < -0.39 is 10.0 Å². The molecular weight excluding hydrogens is 367 g/mol. The monoisotopic (exact) mass is 390 g/mol. The van der Waals surface area contributed by atoms with E-state index >= 15 is 0 Å². The van der Waals surface area contributed by atoms with E-state index in [1.165, 1.54) is 31.3 Å². The Morgan fingerprint density at radius 2 is 1.85 bits per heavy atom. The number of benzene rings is 2. The van der Waals surface area contributed by atoms with Crippen LogP contribution in [-0.4, -0.2) is 32.3 Å². The maximum absolute atomic E-state index is 13.4. The van der Waals surface area contributed by atoms with E-state index in [0.717, 1.165) is 24.0 Å². The van der Waals surface area contributed by atoms with Crippen LogP contribution in [0.3, 0.4) is 0 Å². The Bertz CT molecular complexity index is 909. The van der Waals surface area contributed by atoms with Gasteiger partial charge < -0.3 is 4.90 Å². The predicted molar refractivity (Wildman–Crippen MR) is 101 cm³/mol. The van der Waals surface area contributed by atoms with Crippen LogP contribution in [0.2, 0.25) is 0 Å². The van der Waals surface area contributed by atoms with E-state index in [0.29, 0.717) is 19.4 Å². The van der Waals surface area contributed by atoms with Crippen molar-refractivity contribution >= 4 is 15.9 Å². The SMILES string of the molecule is CNS(=O)(=O)c1ccc(CCC(=O)N(Cc2cccc(F)c2)C2CC2)cc1. The molecule has 1 amide bonds. The number of hydrogen-bond donors (Lipinski definition) is 1. The van der Waals surface area contributed by atoms with Crippen LogP contribution in [0.4, 0.5) is 4.39 Å². The fraction of sp³-hybridized carbons (Fsp3) is 0.350. The molecule has 1 saturated carbocycles. The highest BCUT2D eigenvalue weighted by Crippen LogP contribution is 2.29. The molecule has 144 valence electrons. The number of sulfonamides is 1. The number of halogens is 1. The van der Waals surface area contributed by atoms with Gasteiger partial charge in [0.05, 0.1) is 4.90 Å². The Balaban J connectivity index is 1.61. The predicted octanol–water partition coefficient (Wildman–Crippen LogP) is 2.86. The molecule has 0 radical (unpaired) electrons. The standard InChI is InChI=1S/C20H23FN2O3S/c1-22-27(25,26)19-10-5-15(6-11-19)7-12-20(24)23(18-8-9-18)14-16-3-2-4-17(21)13-16/h2-6,10-11,13,18,22H,7-9,12,14H2,1H3. The molecule has 1 aliphatic rings. The minimum atomic E-state index is -3.46. The first-order chi connectivity index (χ1) is 12.9. The molecule has 0 bridgehead atoms. The van der Waals surface area contributed by atoms with Crippen molar-refractivity contribution in [1.82, 2.24) is 9.62 Å². The lowest BCUT2D eigenvalue weighted by Gasteiger charge is -2.23. The number of nitrogens with one attached hydrogen (secondary N) is 1. The molecule has 3 rings (SSSR count). The zero-order valence-electron chi connectivity index (χ0n) is 15.2. The molecule has 1 aliphatic carbocycles. The third kappa shape index (κ3) is 5.14. The number of carbonyl (C=O) groups is 1. The summed E-state index contributed by atoms with van der Waals surface area (Å²) < 4.78 is 39.2. The maximum Gasteiger partial charge on any atom is 0.240 e. The van der Waals surface area contributed by atoms with Crippen LogP contribution >= 0.6 is 0 Å². The van der Waals surface area contributed by atoms with Crippen molar-refractivity contribution in [2.24, 2.45) is 0 Å². The van der Waals surface area contributed by atoms with E-state index in [1.54, 1.807) is 18.2 Å². The first-order valence-electron chi connectivity index (χ1n) is 8.95. The van der Waals surface area contributed by atoms with Gasteiger partial charge in [-0.1, -0.05) is 24.3 Å². The van der Waals surface area contributed by atoms with Gasteiger partial charge in [-0.25, -0.2) is 17.5 Å². The van der Waals surface area contributed by atoms with Crippen LogP contribution in [0.1, 0.15) is 30.4 Å². The van der Waals surface area contributed by atoms with Crippen molar-refractivity contribution in [2.45, 2.75) is 43.2 Å². The maximum atomic E-state index is 13.4. The van der Waals surface area contributed by atoms with Gasteiger partial charge in [-0.15, -0.1) is 0 Å². The average Bonchev–Trinajstić information content (AvgIpc) is 3.49. The molecule has 2 aromatic carbocycles. The molecule has 0 aromatic heterocycles. The Labute approximate surface area is 159 Å². The molecule has 0 saturated heterocycles. The number of aryl methyl sites for hydroxylation is 1. The molecule has 2 aromatic rings. The van der Waals surface area contributed by atoms with Crippen molar-refractivity contribution in [1.29, 1.82) is 0 Å². The molecule has 1 fully saturated rings. The minimum Gasteiger partial charge on any atom is -0.335 e. The van der Waals surface area contributed by atoms with Crippen LogP contribution in [0.5, 0.6) is 0 Å². The van der Waals surface area contributed by atoms with Crippen LogP contribution < -0.4 is 4.72 Å². The van der Waals surface area contributed by atoms with Crippen molar-refractivity contribution < 1.29 is 17.6 Å². The van der Waals surface area contributed by atoms with Crippen LogP contribution in [-0.2, 0) is 27.8 Å². The van der Waals surface area contributed by atoms with Gasteiger partial charge in [-0.3, -0.25) is 4.79 Å². The smallest absolute Gasteiger partial charge is 0.240 e. The van der Waals surface area contributed by atoms with Gasteiger partial charge >= 0.3 is 0 Å². The summed E-state index contributed by atoms with van der Waals surface area (Å²) in [6.45, 7) is 0.417. The lowest BCUT2D eigenvalue weighted by molar-refractivity contribution is -0.132. The van der Waals surface area contributed by atoms with Gasteiger partial charge in [-0.05, 0) is 61.7 Å². The second-order valence-corrected chi connectivity index (χ2v) is 8.62. The van der Waals surface area contributed by atoms with E-state index in [9.17, 15) is 17.6 Å². The topological polar surface area (TPSA) is 66.5 Å². The number of rotatable bonds is 8. The summed E-state index contributed by atoms with van der Waals surface area (Å²) in [5.41, 5.74) is 1.69. The zero-order valence-corrected chi connectivity index (χ0v) is 16.0. The highest BCUT2D eigenvalue weighted by molar-refractivity contribution is 7.89. The van der Waals surface area contributed by atoms with Gasteiger partial charge in [0.15, 0.2) is 0 Å². The summed E-state index contributed by atoms with van der Waals surface area (Å²) in [5, 5.41) is 0. The second kappa shape index (κ2) is 8.19. The average molecular weight is 390 g/mol. The van der Waals surface area contributed by atoms with Crippen molar-refractivity contribution in [2.75, 3.05) is 7.05 Å².